The van der Waals surface area contributed by atoms with Gasteiger partial charge in [0.15, 0.2) is 0 Å². The lowest BCUT2D eigenvalue weighted by atomic mass is 9.95. The standard InChI is InChI=1S/C46H30FNO/c47-42-30-35(31-13-3-1-4-14-31)29-41(33-15-5-2-6-16-33)45(42)48(43-23-11-18-32-17-7-8-19-37(32)43)36-27-25-34(26-28-36)38-21-12-22-40-39-20-9-10-24-44(39)49-46(38)40/h1-30H. The highest BCUT2D eigenvalue weighted by Crippen LogP contribution is 2.47. The van der Waals surface area contributed by atoms with Crippen LogP contribution < -0.4 is 4.90 Å². The molecule has 1 heterocycles. The van der Waals surface area contributed by atoms with Gasteiger partial charge in [-0.1, -0.05) is 146 Å². The van der Waals surface area contributed by atoms with Gasteiger partial charge in [0.1, 0.15) is 17.0 Å². The molecule has 9 aromatic rings. The molecule has 0 saturated carbocycles. The maximum Gasteiger partial charge on any atom is 0.148 e. The van der Waals surface area contributed by atoms with E-state index in [0.29, 0.717) is 5.69 Å². The number of hydrogen-bond donors (Lipinski definition) is 0. The van der Waals surface area contributed by atoms with Gasteiger partial charge in [0.25, 0.3) is 0 Å². The van der Waals surface area contributed by atoms with Crippen LogP contribution in [0.15, 0.2) is 186 Å². The number of para-hydroxylation sites is 2. The van der Waals surface area contributed by atoms with E-state index in [0.717, 1.165) is 77.5 Å². The Hall–Kier alpha value is -6.45. The normalized spacial score (nSPS) is 11.4. The van der Waals surface area contributed by atoms with Crippen LogP contribution in [-0.2, 0) is 0 Å². The number of hydrogen-bond acceptors (Lipinski definition) is 2. The van der Waals surface area contributed by atoms with E-state index in [2.05, 4.69) is 83.8 Å². The van der Waals surface area contributed by atoms with Gasteiger partial charge in [-0.25, -0.2) is 4.39 Å². The molecule has 0 bridgehead atoms. The van der Waals surface area contributed by atoms with Gasteiger partial charge in [-0.15, -0.1) is 0 Å². The van der Waals surface area contributed by atoms with Crippen molar-refractivity contribution in [3.8, 4) is 33.4 Å². The van der Waals surface area contributed by atoms with Crippen LogP contribution in [-0.4, -0.2) is 0 Å². The van der Waals surface area contributed by atoms with Crippen molar-refractivity contribution in [3.05, 3.63) is 188 Å². The van der Waals surface area contributed by atoms with Crippen LogP contribution in [0.4, 0.5) is 21.5 Å². The molecular weight excluding hydrogens is 602 g/mol. The van der Waals surface area contributed by atoms with Crippen LogP contribution >= 0.6 is 0 Å². The van der Waals surface area contributed by atoms with Gasteiger partial charge in [-0.3, -0.25) is 0 Å². The van der Waals surface area contributed by atoms with Crippen molar-refractivity contribution in [2.75, 3.05) is 4.90 Å². The van der Waals surface area contributed by atoms with Crippen molar-refractivity contribution in [1.29, 1.82) is 0 Å². The summed E-state index contributed by atoms with van der Waals surface area (Å²) in [6.45, 7) is 0. The van der Waals surface area contributed by atoms with Gasteiger partial charge in [0, 0.05) is 33.0 Å². The molecule has 0 N–H and O–H groups in total. The number of halogens is 1. The van der Waals surface area contributed by atoms with E-state index in [4.69, 9.17) is 4.42 Å². The number of anilines is 3. The van der Waals surface area contributed by atoms with Crippen LogP contribution in [0.5, 0.6) is 0 Å². The van der Waals surface area contributed by atoms with E-state index in [1.165, 1.54) is 0 Å². The molecule has 0 aliphatic rings. The molecule has 0 unspecified atom stereocenters. The Labute approximate surface area is 283 Å². The Morgan fingerprint density at radius 2 is 1.04 bits per heavy atom. The van der Waals surface area contributed by atoms with E-state index in [9.17, 15) is 0 Å². The highest BCUT2D eigenvalue weighted by molar-refractivity contribution is 6.09. The molecule has 9 rings (SSSR count). The monoisotopic (exact) mass is 631 g/mol. The predicted octanol–water partition coefficient (Wildman–Crippen LogP) is 13.3. The number of fused-ring (bicyclic) bond motifs is 4. The molecule has 0 aliphatic carbocycles. The minimum atomic E-state index is -0.302. The Bertz CT molecular complexity index is 2600. The molecule has 232 valence electrons. The lowest BCUT2D eigenvalue weighted by Crippen LogP contribution is -2.14. The lowest BCUT2D eigenvalue weighted by Gasteiger charge is -2.30. The van der Waals surface area contributed by atoms with Crippen LogP contribution in [0, 0.1) is 5.82 Å². The van der Waals surface area contributed by atoms with Gasteiger partial charge < -0.3 is 9.32 Å². The summed E-state index contributed by atoms with van der Waals surface area (Å²) >= 11 is 0. The van der Waals surface area contributed by atoms with Gasteiger partial charge in [-0.2, -0.15) is 0 Å². The smallest absolute Gasteiger partial charge is 0.148 e. The first-order valence-corrected chi connectivity index (χ1v) is 16.5. The zero-order valence-electron chi connectivity index (χ0n) is 26.6. The van der Waals surface area contributed by atoms with Crippen molar-refractivity contribution >= 4 is 49.8 Å². The molecule has 2 nitrogen and oxygen atoms in total. The van der Waals surface area contributed by atoms with Crippen LogP contribution in [0.25, 0.3) is 66.1 Å². The van der Waals surface area contributed by atoms with Crippen molar-refractivity contribution in [1.82, 2.24) is 0 Å². The fourth-order valence-corrected chi connectivity index (χ4v) is 7.02. The summed E-state index contributed by atoms with van der Waals surface area (Å²) in [5, 5.41) is 4.30. The Balaban J connectivity index is 1.27. The quantitative estimate of drug-likeness (QED) is 0.182. The second kappa shape index (κ2) is 12.0. The summed E-state index contributed by atoms with van der Waals surface area (Å²) in [6, 6.07) is 61.1. The summed E-state index contributed by atoms with van der Waals surface area (Å²) in [5.41, 5.74) is 9.54. The molecule has 0 saturated heterocycles. The van der Waals surface area contributed by atoms with E-state index in [1.54, 1.807) is 6.07 Å². The predicted molar refractivity (Wildman–Crippen MR) is 202 cm³/mol. The maximum absolute atomic E-state index is 17.1. The summed E-state index contributed by atoms with van der Waals surface area (Å²) in [4.78, 5) is 2.07. The van der Waals surface area contributed by atoms with Crippen LogP contribution in [0.3, 0.4) is 0 Å². The fourth-order valence-electron chi connectivity index (χ4n) is 7.02. The molecule has 0 spiro atoms. The van der Waals surface area contributed by atoms with Crippen molar-refractivity contribution in [3.63, 3.8) is 0 Å². The molecule has 1 aromatic heterocycles. The molecule has 0 radical (unpaired) electrons. The zero-order chi connectivity index (χ0) is 32.7. The second-order valence-corrected chi connectivity index (χ2v) is 12.2. The van der Waals surface area contributed by atoms with Gasteiger partial charge in [-0.05, 0) is 64.0 Å². The van der Waals surface area contributed by atoms with Gasteiger partial charge in [0.2, 0.25) is 0 Å². The van der Waals surface area contributed by atoms with Gasteiger partial charge in [0.05, 0.1) is 11.4 Å². The average molecular weight is 632 g/mol. The third-order valence-electron chi connectivity index (χ3n) is 9.33. The topological polar surface area (TPSA) is 16.4 Å². The summed E-state index contributed by atoms with van der Waals surface area (Å²) < 4.78 is 23.4. The van der Waals surface area contributed by atoms with E-state index in [-0.39, 0.29) is 5.82 Å². The molecule has 0 atom stereocenters. The van der Waals surface area contributed by atoms with Crippen molar-refractivity contribution in [2.45, 2.75) is 0 Å². The average Bonchev–Trinajstić information content (AvgIpc) is 3.55. The Kier molecular flexibility index (Phi) is 7.02. The summed E-state index contributed by atoms with van der Waals surface area (Å²) in [5.74, 6) is -0.302. The lowest BCUT2D eigenvalue weighted by molar-refractivity contribution is 0.630. The maximum atomic E-state index is 17.1. The summed E-state index contributed by atoms with van der Waals surface area (Å²) in [7, 11) is 0. The number of nitrogens with zero attached hydrogens (tertiary/aromatic N) is 1. The fraction of sp³-hybridized carbons (Fsp3) is 0. The molecule has 8 aromatic carbocycles. The summed E-state index contributed by atoms with van der Waals surface area (Å²) in [6.07, 6.45) is 0. The highest BCUT2D eigenvalue weighted by atomic mass is 19.1. The highest BCUT2D eigenvalue weighted by Gasteiger charge is 2.24. The SMILES string of the molecule is Fc1cc(-c2ccccc2)cc(-c2ccccc2)c1N(c1ccc(-c2cccc3c2oc2ccccc23)cc1)c1cccc2ccccc12. The molecule has 0 fully saturated rings. The first-order chi connectivity index (χ1) is 24.2. The first-order valence-electron chi connectivity index (χ1n) is 16.5. The first kappa shape index (κ1) is 28.7. The number of rotatable bonds is 6. The molecule has 49 heavy (non-hydrogen) atoms. The third kappa shape index (κ3) is 5.04. The third-order valence-corrected chi connectivity index (χ3v) is 9.33. The largest absolute Gasteiger partial charge is 0.455 e. The second-order valence-electron chi connectivity index (χ2n) is 12.2. The molecule has 3 heteroatoms. The van der Waals surface area contributed by atoms with E-state index < -0.39 is 0 Å². The van der Waals surface area contributed by atoms with Gasteiger partial charge >= 0.3 is 0 Å². The zero-order valence-corrected chi connectivity index (χ0v) is 26.6. The Morgan fingerprint density at radius 1 is 0.429 bits per heavy atom. The van der Waals surface area contributed by atoms with E-state index in [1.807, 2.05) is 97.1 Å². The van der Waals surface area contributed by atoms with Crippen molar-refractivity contribution < 1.29 is 8.81 Å². The van der Waals surface area contributed by atoms with Crippen LogP contribution in [0.2, 0.25) is 0 Å². The molecule has 0 amide bonds. The van der Waals surface area contributed by atoms with Crippen LogP contribution in [0.1, 0.15) is 0 Å². The molecular formula is C46H30FNO. The number of furan rings is 1. The minimum absolute atomic E-state index is 0.302. The van der Waals surface area contributed by atoms with E-state index >= 15 is 4.39 Å². The Morgan fingerprint density at radius 3 is 1.84 bits per heavy atom. The van der Waals surface area contributed by atoms with Crippen molar-refractivity contribution in [2.24, 2.45) is 0 Å². The number of benzene rings is 8. The minimum Gasteiger partial charge on any atom is -0.455 e. The molecule has 0 aliphatic heterocycles.